The number of amides is 2. The molecule has 0 unspecified atom stereocenters. The number of urea groups is 1. The molecule has 1 saturated heterocycles. The highest BCUT2D eigenvalue weighted by molar-refractivity contribution is 7.92. The molecule has 0 aliphatic carbocycles. The van der Waals surface area contributed by atoms with E-state index in [2.05, 4.69) is 4.72 Å². The van der Waals surface area contributed by atoms with E-state index in [9.17, 15) is 17.6 Å². The molecule has 0 saturated carbocycles. The topological polar surface area (TPSA) is 69.7 Å². The number of nitrogens with zero attached hydrogens (tertiary/aromatic N) is 2. The largest absolute Gasteiger partial charge is 0.324 e. The van der Waals surface area contributed by atoms with E-state index in [1.54, 1.807) is 40.1 Å². The quantitative estimate of drug-likeness (QED) is 0.540. The minimum Gasteiger partial charge on any atom is -0.320 e. The summed E-state index contributed by atoms with van der Waals surface area (Å²) < 4.78 is 41.3. The number of benzene rings is 3. The highest BCUT2D eigenvalue weighted by atomic mass is 35.5. The van der Waals surface area contributed by atoms with Crippen molar-refractivity contribution in [1.82, 2.24) is 4.90 Å². The van der Waals surface area contributed by atoms with Gasteiger partial charge in [0.1, 0.15) is 5.82 Å². The van der Waals surface area contributed by atoms with E-state index in [1.165, 1.54) is 12.1 Å². The van der Waals surface area contributed by atoms with Gasteiger partial charge in [-0.3, -0.25) is 9.62 Å². The number of nitrogens with one attached hydrogen (secondary N) is 1. The van der Waals surface area contributed by atoms with E-state index in [1.807, 2.05) is 18.2 Å². The molecule has 4 rings (SSSR count). The van der Waals surface area contributed by atoms with Crippen LogP contribution in [0.2, 0.25) is 5.02 Å². The molecule has 1 aliphatic heterocycles. The summed E-state index contributed by atoms with van der Waals surface area (Å²) in [5, 5.41) is 0.588. The van der Waals surface area contributed by atoms with Crippen LogP contribution < -0.4 is 9.62 Å². The Morgan fingerprint density at radius 3 is 2.38 bits per heavy atom. The van der Waals surface area contributed by atoms with Gasteiger partial charge in [-0.15, -0.1) is 0 Å². The molecular formula is C23H21ClFN3O3S. The van der Waals surface area contributed by atoms with Crippen LogP contribution in [0.5, 0.6) is 0 Å². The third-order valence-corrected chi connectivity index (χ3v) is 6.94. The van der Waals surface area contributed by atoms with E-state index < -0.39 is 15.8 Å². The van der Waals surface area contributed by atoms with Gasteiger partial charge in [-0.2, -0.15) is 0 Å². The van der Waals surface area contributed by atoms with Gasteiger partial charge in [0.2, 0.25) is 0 Å². The van der Waals surface area contributed by atoms with Gasteiger partial charge in [-0.25, -0.2) is 17.6 Å². The number of hydrogen-bond donors (Lipinski definition) is 1. The normalized spacial score (nSPS) is 14.5. The lowest BCUT2D eigenvalue weighted by Crippen LogP contribution is -2.49. The van der Waals surface area contributed by atoms with Crippen LogP contribution >= 0.6 is 11.6 Å². The number of carbonyl (C=O) groups excluding carboxylic acids is 1. The first-order chi connectivity index (χ1) is 15.3. The van der Waals surface area contributed by atoms with Gasteiger partial charge in [-0.1, -0.05) is 41.9 Å². The maximum atomic E-state index is 13.3. The fourth-order valence-electron chi connectivity index (χ4n) is 3.60. The molecular weight excluding hydrogens is 453 g/mol. The Kier molecular flexibility index (Phi) is 6.34. The van der Waals surface area contributed by atoms with Crippen molar-refractivity contribution in [3.8, 4) is 0 Å². The molecule has 0 aromatic heterocycles. The minimum absolute atomic E-state index is 0.0704. The van der Waals surface area contributed by atoms with Gasteiger partial charge < -0.3 is 4.90 Å². The number of anilines is 2. The fourth-order valence-corrected chi connectivity index (χ4v) is 4.87. The Morgan fingerprint density at radius 2 is 1.62 bits per heavy atom. The number of hydrogen-bond acceptors (Lipinski definition) is 3. The summed E-state index contributed by atoms with van der Waals surface area (Å²) in [7, 11) is -3.96. The Morgan fingerprint density at radius 1 is 0.938 bits per heavy atom. The lowest BCUT2D eigenvalue weighted by Gasteiger charge is -2.36. The Bertz CT molecular complexity index is 1240. The van der Waals surface area contributed by atoms with E-state index in [0.29, 0.717) is 30.3 Å². The molecule has 1 N–H and O–H groups in total. The zero-order chi connectivity index (χ0) is 22.7. The van der Waals surface area contributed by atoms with Crippen molar-refractivity contribution in [2.45, 2.75) is 17.9 Å². The zero-order valence-corrected chi connectivity index (χ0v) is 18.6. The van der Waals surface area contributed by atoms with Crippen LogP contribution in [-0.2, 0) is 16.6 Å². The van der Waals surface area contributed by atoms with Crippen molar-refractivity contribution in [3.05, 3.63) is 89.2 Å². The molecule has 9 heteroatoms. The van der Waals surface area contributed by atoms with Crippen molar-refractivity contribution in [2.24, 2.45) is 0 Å². The zero-order valence-electron chi connectivity index (χ0n) is 17.0. The maximum Gasteiger partial charge on any atom is 0.324 e. The van der Waals surface area contributed by atoms with E-state index in [-0.39, 0.29) is 16.6 Å². The molecule has 3 aromatic carbocycles. The average molecular weight is 474 g/mol. The molecule has 32 heavy (non-hydrogen) atoms. The van der Waals surface area contributed by atoms with Crippen LogP contribution in [0.15, 0.2) is 77.7 Å². The summed E-state index contributed by atoms with van der Waals surface area (Å²) in [6.07, 6.45) is 0.717. The molecule has 3 aromatic rings. The summed E-state index contributed by atoms with van der Waals surface area (Å²) in [5.74, 6) is -0.526. The summed E-state index contributed by atoms with van der Waals surface area (Å²) in [6, 6.07) is 18.4. The highest BCUT2D eigenvalue weighted by Crippen LogP contribution is 2.31. The fraction of sp³-hybridized carbons (Fsp3) is 0.174. The first-order valence-corrected chi connectivity index (χ1v) is 11.9. The summed E-state index contributed by atoms with van der Waals surface area (Å²) in [6.45, 7) is 1.38. The number of rotatable bonds is 6. The van der Waals surface area contributed by atoms with E-state index in [0.717, 1.165) is 24.1 Å². The SMILES string of the molecule is O=C1N(Cc2ccccc2Cl)CCCN1c1ccccc1NS(=O)(=O)c1ccc(F)cc1. The van der Waals surface area contributed by atoms with E-state index in [4.69, 9.17) is 11.6 Å². The Balaban J connectivity index is 1.59. The molecule has 0 bridgehead atoms. The van der Waals surface area contributed by atoms with Gasteiger partial charge in [0.15, 0.2) is 0 Å². The summed E-state index contributed by atoms with van der Waals surface area (Å²) in [4.78, 5) is 16.4. The van der Waals surface area contributed by atoms with Crippen molar-refractivity contribution in [1.29, 1.82) is 0 Å². The van der Waals surface area contributed by atoms with Gasteiger partial charge in [0.05, 0.1) is 16.3 Å². The van der Waals surface area contributed by atoms with Gasteiger partial charge >= 0.3 is 6.03 Å². The second-order valence-corrected chi connectivity index (χ2v) is 9.47. The van der Waals surface area contributed by atoms with Crippen molar-refractivity contribution in [2.75, 3.05) is 22.7 Å². The number of carbonyl (C=O) groups is 1. The lowest BCUT2D eigenvalue weighted by atomic mass is 10.1. The molecule has 0 radical (unpaired) electrons. The molecule has 1 heterocycles. The molecule has 166 valence electrons. The van der Waals surface area contributed by atoms with Crippen molar-refractivity contribution >= 4 is 39.0 Å². The highest BCUT2D eigenvalue weighted by Gasteiger charge is 2.29. The molecule has 6 nitrogen and oxygen atoms in total. The third-order valence-electron chi connectivity index (χ3n) is 5.19. The Labute approximate surface area is 191 Å². The van der Waals surface area contributed by atoms with Gasteiger partial charge in [-0.05, 0) is 54.4 Å². The van der Waals surface area contributed by atoms with Crippen LogP contribution in [0, 0.1) is 5.82 Å². The average Bonchev–Trinajstić information content (AvgIpc) is 2.77. The van der Waals surface area contributed by atoms with Crippen LogP contribution in [-0.4, -0.2) is 32.4 Å². The molecule has 1 fully saturated rings. The first-order valence-electron chi connectivity index (χ1n) is 10.0. The standard InChI is InChI=1S/C23H21ClFN3O3S/c24-20-7-2-1-6-17(20)16-27-14-5-15-28(23(27)29)22-9-4-3-8-21(22)26-32(30,31)19-12-10-18(25)11-13-19/h1-4,6-13,26H,5,14-16H2. The monoisotopic (exact) mass is 473 g/mol. The number of para-hydroxylation sites is 2. The lowest BCUT2D eigenvalue weighted by molar-refractivity contribution is 0.192. The number of halogens is 2. The molecule has 1 aliphatic rings. The van der Waals surface area contributed by atoms with Crippen molar-refractivity contribution in [3.63, 3.8) is 0 Å². The molecule has 2 amide bonds. The predicted octanol–water partition coefficient (Wildman–Crippen LogP) is 5.11. The maximum absolute atomic E-state index is 13.3. The second-order valence-electron chi connectivity index (χ2n) is 7.38. The van der Waals surface area contributed by atoms with Crippen LogP contribution in [0.4, 0.5) is 20.6 Å². The second kappa shape index (κ2) is 9.18. The summed E-state index contributed by atoms with van der Waals surface area (Å²) >= 11 is 6.26. The van der Waals surface area contributed by atoms with Crippen LogP contribution in [0.1, 0.15) is 12.0 Å². The van der Waals surface area contributed by atoms with E-state index >= 15 is 0 Å². The molecule has 0 atom stereocenters. The third kappa shape index (κ3) is 4.71. The Hall–Kier alpha value is -3.10. The smallest absolute Gasteiger partial charge is 0.320 e. The van der Waals surface area contributed by atoms with Crippen LogP contribution in [0.25, 0.3) is 0 Å². The van der Waals surface area contributed by atoms with Gasteiger partial charge in [0, 0.05) is 24.7 Å². The number of sulfonamides is 1. The molecule has 0 spiro atoms. The first kappa shape index (κ1) is 22.1. The minimum atomic E-state index is -3.96. The van der Waals surface area contributed by atoms with Gasteiger partial charge in [0.25, 0.3) is 10.0 Å². The predicted molar refractivity (Wildman–Crippen MR) is 123 cm³/mol. The van der Waals surface area contributed by atoms with Crippen LogP contribution in [0.3, 0.4) is 0 Å². The van der Waals surface area contributed by atoms with Crippen molar-refractivity contribution < 1.29 is 17.6 Å². The summed E-state index contributed by atoms with van der Waals surface area (Å²) in [5.41, 5.74) is 1.56.